The summed E-state index contributed by atoms with van der Waals surface area (Å²) in [6.45, 7) is 2.13. The quantitative estimate of drug-likeness (QED) is 0.696. The van der Waals surface area contributed by atoms with E-state index in [0.717, 1.165) is 15.9 Å². The van der Waals surface area contributed by atoms with Gasteiger partial charge in [0.2, 0.25) is 0 Å². The van der Waals surface area contributed by atoms with E-state index in [2.05, 4.69) is 40.4 Å². The van der Waals surface area contributed by atoms with Gasteiger partial charge in [-0.1, -0.05) is 18.5 Å². The largest absolute Gasteiger partial charge is 0.143 e. The lowest BCUT2D eigenvalue weighted by molar-refractivity contribution is 1.16. The fourth-order valence-electron chi connectivity index (χ4n) is 1.44. The van der Waals surface area contributed by atoms with Crippen LogP contribution >= 0.6 is 38.9 Å². The Hall–Kier alpha value is -0.0500. The first-order valence-electron chi connectivity index (χ1n) is 4.08. The van der Waals surface area contributed by atoms with Gasteiger partial charge in [-0.05, 0) is 50.8 Å². The highest BCUT2D eigenvalue weighted by atomic mass is 79.9. The van der Waals surface area contributed by atoms with Crippen LogP contribution in [0.15, 0.2) is 22.0 Å². The molecule has 0 amide bonds. The van der Waals surface area contributed by atoms with Crippen LogP contribution in [-0.2, 0) is 6.42 Å². The summed E-state index contributed by atoms with van der Waals surface area (Å²) < 4.78 is 2.31. The van der Waals surface area contributed by atoms with Crippen LogP contribution in [0.1, 0.15) is 12.5 Å². The molecule has 0 aliphatic carbocycles. The van der Waals surface area contributed by atoms with Crippen LogP contribution in [0.4, 0.5) is 0 Å². The number of aryl methyl sites for hydroxylation is 1. The van der Waals surface area contributed by atoms with Crippen LogP contribution in [0, 0.1) is 0 Å². The second-order valence-corrected chi connectivity index (χ2v) is 4.99. The van der Waals surface area contributed by atoms with E-state index in [1.807, 2.05) is 0 Å². The van der Waals surface area contributed by atoms with Crippen molar-refractivity contribution in [1.29, 1.82) is 0 Å². The van der Waals surface area contributed by atoms with Gasteiger partial charge in [0, 0.05) is 9.17 Å². The number of thiophene rings is 1. The van der Waals surface area contributed by atoms with Gasteiger partial charge in [0.15, 0.2) is 0 Å². The molecule has 1 aromatic carbocycles. The molecule has 13 heavy (non-hydrogen) atoms. The minimum atomic E-state index is 0.859. The summed E-state index contributed by atoms with van der Waals surface area (Å²) in [4.78, 5) is 0. The molecule has 1 aromatic heterocycles. The Morgan fingerprint density at radius 2 is 2.31 bits per heavy atom. The van der Waals surface area contributed by atoms with E-state index in [-0.39, 0.29) is 0 Å². The Balaban J connectivity index is 2.87. The molecule has 1 heterocycles. The van der Waals surface area contributed by atoms with E-state index in [0.29, 0.717) is 0 Å². The first-order chi connectivity index (χ1) is 6.24. The smallest absolute Gasteiger partial charge is 0.0594 e. The number of benzene rings is 1. The molecule has 0 aliphatic heterocycles. The van der Waals surface area contributed by atoms with Gasteiger partial charge in [-0.3, -0.25) is 0 Å². The normalized spacial score (nSPS) is 11.0. The fourth-order valence-corrected chi connectivity index (χ4v) is 3.26. The topological polar surface area (TPSA) is 0 Å². The van der Waals surface area contributed by atoms with Gasteiger partial charge in [0.05, 0.1) is 5.02 Å². The van der Waals surface area contributed by atoms with Crippen LogP contribution in [0.3, 0.4) is 0 Å². The van der Waals surface area contributed by atoms with Crippen LogP contribution in [0.5, 0.6) is 0 Å². The standard InChI is InChI=1S/C10H8BrClS/c1-2-7-9(12)8(11)5-6-3-4-13-10(6)7/h3-5H,2H2,1H3. The minimum Gasteiger partial charge on any atom is -0.143 e. The molecule has 0 saturated heterocycles. The summed E-state index contributed by atoms with van der Waals surface area (Å²) in [6.07, 6.45) is 0.981. The van der Waals surface area contributed by atoms with Crippen molar-refractivity contribution in [3.05, 3.63) is 32.6 Å². The van der Waals surface area contributed by atoms with E-state index in [1.165, 1.54) is 15.6 Å². The van der Waals surface area contributed by atoms with Gasteiger partial charge < -0.3 is 0 Å². The molecular formula is C10H8BrClS. The molecule has 2 rings (SSSR count). The lowest BCUT2D eigenvalue weighted by Gasteiger charge is -2.04. The van der Waals surface area contributed by atoms with Crippen molar-refractivity contribution in [2.24, 2.45) is 0 Å². The molecule has 0 unspecified atom stereocenters. The summed E-state index contributed by atoms with van der Waals surface area (Å²) in [5.41, 5.74) is 1.25. The lowest BCUT2D eigenvalue weighted by atomic mass is 10.1. The molecule has 0 bridgehead atoms. The Morgan fingerprint density at radius 3 is 3.00 bits per heavy atom. The van der Waals surface area contributed by atoms with E-state index in [4.69, 9.17) is 11.6 Å². The van der Waals surface area contributed by atoms with Gasteiger partial charge in [-0.15, -0.1) is 11.3 Å². The fraction of sp³-hybridized carbons (Fsp3) is 0.200. The van der Waals surface area contributed by atoms with Gasteiger partial charge in [0.25, 0.3) is 0 Å². The van der Waals surface area contributed by atoms with Crippen LogP contribution in [0.2, 0.25) is 5.02 Å². The van der Waals surface area contributed by atoms with Gasteiger partial charge in [-0.25, -0.2) is 0 Å². The molecule has 0 spiro atoms. The molecule has 0 nitrogen and oxygen atoms in total. The summed E-state index contributed by atoms with van der Waals surface area (Å²) in [6, 6.07) is 4.20. The molecule has 0 aliphatic rings. The zero-order valence-electron chi connectivity index (χ0n) is 7.10. The molecular weight excluding hydrogens is 268 g/mol. The number of hydrogen-bond acceptors (Lipinski definition) is 1. The molecule has 0 atom stereocenters. The SMILES string of the molecule is CCc1c(Cl)c(Br)cc2ccsc12. The predicted octanol–water partition coefficient (Wildman–Crippen LogP) is 4.88. The zero-order chi connectivity index (χ0) is 9.42. The highest BCUT2D eigenvalue weighted by Crippen LogP contribution is 2.36. The zero-order valence-corrected chi connectivity index (χ0v) is 10.3. The van der Waals surface area contributed by atoms with Gasteiger partial charge in [0.1, 0.15) is 0 Å². The monoisotopic (exact) mass is 274 g/mol. The molecule has 2 aromatic rings. The number of fused-ring (bicyclic) bond motifs is 1. The van der Waals surface area contributed by atoms with E-state index in [1.54, 1.807) is 11.3 Å². The first-order valence-corrected chi connectivity index (χ1v) is 6.13. The van der Waals surface area contributed by atoms with Crippen LogP contribution in [0.25, 0.3) is 10.1 Å². The number of hydrogen-bond donors (Lipinski definition) is 0. The summed E-state index contributed by atoms with van der Waals surface area (Å²) >= 11 is 11.4. The molecule has 3 heteroatoms. The van der Waals surface area contributed by atoms with E-state index >= 15 is 0 Å². The third-order valence-electron chi connectivity index (χ3n) is 2.08. The second kappa shape index (κ2) is 3.60. The van der Waals surface area contributed by atoms with Crippen molar-refractivity contribution < 1.29 is 0 Å². The molecule has 68 valence electrons. The maximum absolute atomic E-state index is 6.19. The maximum Gasteiger partial charge on any atom is 0.0594 e. The van der Waals surface area contributed by atoms with Crippen molar-refractivity contribution in [1.82, 2.24) is 0 Å². The highest BCUT2D eigenvalue weighted by molar-refractivity contribution is 9.10. The van der Waals surface area contributed by atoms with Crippen molar-refractivity contribution in [3.63, 3.8) is 0 Å². The summed E-state index contributed by atoms with van der Waals surface area (Å²) in [5.74, 6) is 0. The number of halogens is 2. The molecule has 0 fully saturated rings. The Bertz CT molecular complexity index is 447. The average Bonchev–Trinajstić information content (AvgIpc) is 2.54. The predicted molar refractivity (Wildman–Crippen MR) is 63.9 cm³/mol. The maximum atomic E-state index is 6.19. The van der Waals surface area contributed by atoms with Crippen molar-refractivity contribution in [3.8, 4) is 0 Å². The lowest BCUT2D eigenvalue weighted by Crippen LogP contribution is -1.83. The molecule has 0 saturated carbocycles. The first kappa shape index (κ1) is 9.50. The van der Waals surface area contributed by atoms with Gasteiger partial charge in [-0.2, -0.15) is 0 Å². The summed E-state index contributed by atoms with van der Waals surface area (Å²) in [7, 11) is 0. The van der Waals surface area contributed by atoms with Crippen molar-refractivity contribution >= 4 is 49.0 Å². The average molecular weight is 276 g/mol. The third kappa shape index (κ3) is 1.51. The minimum absolute atomic E-state index is 0.859. The highest BCUT2D eigenvalue weighted by Gasteiger charge is 2.09. The Kier molecular flexibility index (Phi) is 2.63. The van der Waals surface area contributed by atoms with E-state index < -0.39 is 0 Å². The summed E-state index contributed by atoms with van der Waals surface area (Å²) in [5, 5.41) is 4.24. The van der Waals surface area contributed by atoms with Crippen molar-refractivity contribution in [2.45, 2.75) is 13.3 Å². The van der Waals surface area contributed by atoms with E-state index in [9.17, 15) is 0 Å². The van der Waals surface area contributed by atoms with Crippen LogP contribution in [-0.4, -0.2) is 0 Å². The second-order valence-electron chi connectivity index (χ2n) is 2.84. The molecule has 0 N–H and O–H groups in total. The van der Waals surface area contributed by atoms with Crippen molar-refractivity contribution in [2.75, 3.05) is 0 Å². The Labute approximate surface area is 94.7 Å². The number of rotatable bonds is 1. The molecule has 0 radical (unpaired) electrons. The van der Waals surface area contributed by atoms with Crippen LogP contribution < -0.4 is 0 Å². The third-order valence-corrected chi connectivity index (χ3v) is 4.36. The Morgan fingerprint density at radius 1 is 1.54 bits per heavy atom. The van der Waals surface area contributed by atoms with Gasteiger partial charge >= 0.3 is 0 Å².